The molecule has 1 amide bonds. The van der Waals surface area contributed by atoms with Crippen molar-refractivity contribution in [2.45, 2.75) is 56.3 Å². The first-order chi connectivity index (χ1) is 11.9. The predicted molar refractivity (Wildman–Crippen MR) is 102 cm³/mol. The molecule has 7 heteroatoms. The van der Waals surface area contributed by atoms with Gasteiger partial charge in [-0.1, -0.05) is 43.4 Å². The van der Waals surface area contributed by atoms with Crippen molar-refractivity contribution in [1.29, 1.82) is 0 Å². The molecule has 0 bridgehead atoms. The number of rotatable bonds is 6. The van der Waals surface area contributed by atoms with Crippen LogP contribution in [-0.2, 0) is 14.6 Å². The number of thiazole rings is 1. The monoisotopic (exact) mass is 380 g/mol. The van der Waals surface area contributed by atoms with E-state index in [1.807, 2.05) is 0 Å². The van der Waals surface area contributed by atoms with Crippen molar-refractivity contribution in [2.24, 2.45) is 5.92 Å². The van der Waals surface area contributed by atoms with E-state index in [2.05, 4.69) is 10.3 Å². The fourth-order valence-electron chi connectivity index (χ4n) is 3.40. The zero-order valence-electron chi connectivity index (χ0n) is 14.5. The number of nitrogens with zero attached hydrogens (tertiary/aromatic N) is 1. The van der Waals surface area contributed by atoms with Crippen LogP contribution in [0.2, 0.25) is 0 Å². The first-order valence-corrected chi connectivity index (χ1v) is 11.5. The minimum Gasteiger partial charge on any atom is -0.302 e. The molecule has 0 atom stereocenters. The van der Waals surface area contributed by atoms with E-state index < -0.39 is 9.84 Å². The largest absolute Gasteiger partial charge is 0.302 e. The molecule has 5 nitrogen and oxygen atoms in total. The number of hydrogen-bond donors (Lipinski definition) is 1. The number of aromatic nitrogens is 1. The maximum absolute atomic E-state index is 12.1. The van der Waals surface area contributed by atoms with Crippen LogP contribution in [-0.4, -0.2) is 25.6 Å². The number of benzene rings is 1. The molecule has 25 heavy (non-hydrogen) atoms. The third kappa shape index (κ3) is 5.01. The molecule has 1 aliphatic rings. The summed E-state index contributed by atoms with van der Waals surface area (Å²) in [7, 11) is -3.24. The summed E-state index contributed by atoms with van der Waals surface area (Å²) in [6, 6.07) is 4.84. The van der Waals surface area contributed by atoms with Crippen LogP contribution >= 0.6 is 11.3 Å². The van der Waals surface area contributed by atoms with Crippen LogP contribution in [0.4, 0.5) is 5.13 Å². The molecule has 1 heterocycles. The lowest BCUT2D eigenvalue weighted by molar-refractivity contribution is -0.116. The number of carbonyl (C=O) groups excluding carboxylic acids is 1. The molecule has 0 saturated heterocycles. The number of hydrogen-bond acceptors (Lipinski definition) is 5. The van der Waals surface area contributed by atoms with Gasteiger partial charge in [-0.15, -0.1) is 0 Å². The first-order valence-electron chi connectivity index (χ1n) is 8.82. The lowest BCUT2D eigenvalue weighted by atomic mass is 9.86. The Morgan fingerprint density at radius 1 is 1.28 bits per heavy atom. The van der Waals surface area contributed by atoms with E-state index >= 15 is 0 Å². The van der Waals surface area contributed by atoms with Gasteiger partial charge in [-0.05, 0) is 37.0 Å². The quantitative estimate of drug-likeness (QED) is 0.806. The van der Waals surface area contributed by atoms with Crippen molar-refractivity contribution in [3.63, 3.8) is 0 Å². The third-order valence-electron chi connectivity index (χ3n) is 4.78. The topological polar surface area (TPSA) is 76.1 Å². The highest BCUT2D eigenvalue weighted by atomic mass is 32.2. The second-order valence-corrected chi connectivity index (χ2v) is 9.91. The minimum atomic E-state index is -3.24. The van der Waals surface area contributed by atoms with Gasteiger partial charge in [0.25, 0.3) is 0 Å². The van der Waals surface area contributed by atoms with Crippen molar-refractivity contribution in [3.8, 4) is 0 Å². The molecule has 1 aromatic carbocycles. The maximum Gasteiger partial charge on any atom is 0.226 e. The highest BCUT2D eigenvalue weighted by Crippen LogP contribution is 2.29. The molecule has 0 spiro atoms. The zero-order valence-corrected chi connectivity index (χ0v) is 16.1. The van der Waals surface area contributed by atoms with Crippen LogP contribution in [0, 0.1) is 5.92 Å². The number of carbonyl (C=O) groups is 1. The Bertz CT molecular complexity index is 852. The molecule has 0 unspecified atom stereocenters. The highest BCUT2D eigenvalue weighted by Gasteiger charge is 2.15. The van der Waals surface area contributed by atoms with Gasteiger partial charge in [0.1, 0.15) is 0 Å². The number of sulfone groups is 1. The van der Waals surface area contributed by atoms with Gasteiger partial charge >= 0.3 is 0 Å². The average molecular weight is 381 g/mol. The van der Waals surface area contributed by atoms with Crippen LogP contribution in [0.3, 0.4) is 0 Å². The Labute approximate surface area is 152 Å². The molecule has 3 rings (SSSR count). The van der Waals surface area contributed by atoms with Gasteiger partial charge in [0.15, 0.2) is 15.0 Å². The van der Waals surface area contributed by atoms with Crippen molar-refractivity contribution >= 4 is 42.4 Å². The number of nitrogens with one attached hydrogen (secondary N) is 1. The van der Waals surface area contributed by atoms with E-state index in [1.165, 1.54) is 49.7 Å². The van der Waals surface area contributed by atoms with Crippen molar-refractivity contribution < 1.29 is 13.2 Å². The Morgan fingerprint density at radius 3 is 2.76 bits per heavy atom. The van der Waals surface area contributed by atoms with Crippen LogP contribution in [0.15, 0.2) is 23.1 Å². The average Bonchev–Trinajstić information content (AvgIpc) is 2.96. The van der Waals surface area contributed by atoms with Crippen molar-refractivity contribution in [1.82, 2.24) is 4.98 Å². The molecule has 1 aliphatic carbocycles. The fraction of sp³-hybridized carbons (Fsp3) is 0.556. The summed E-state index contributed by atoms with van der Waals surface area (Å²) >= 11 is 1.31. The standard InChI is InChI=1S/C18H24N2O3S2/c1-25(22,23)14-10-11-15-16(12-14)24-18(19-15)20-17(21)9-5-8-13-6-3-2-4-7-13/h10-13H,2-9H2,1H3,(H,19,20,21). The van der Waals surface area contributed by atoms with Gasteiger partial charge in [0.05, 0.1) is 15.1 Å². The zero-order chi connectivity index (χ0) is 17.9. The molecule has 1 N–H and O–H groups in total. The van der Waals surface area contributed by atoms with E-state index in [1.54, 1.807) is 18.2 Å². The van der Waals surface area contributed by atoms with E-state index in [9.17, 15) is 13.2 Å². The second kappa shape index (κ2) is 7.83. The Hall–Kier alpha value is -1.47. The lowest BCUT2D eigenvalue weighted by Crippen LogP contribution is -2.12. The molecule has 136 valence electrons. The number of amides is 1. The van der Waals surface area contributed by atoms with Gasteiger partial charge in [-0.3, -0.25) is 4.79 Å². The molecule has 1 saturated carbocycles. The summed E-state index contributed by atoms with van der Waals surface area (Å²) in [6.07, 6.45) is 10.4. The minimum absolute atomic E-state index is 0.0156. The summed E-state index contributed by atoms with van der Waals surface area (Å²) < 4.78 is 24.0. The normalized spacial score (nSPS) is 16.2. The summed E-state index contributed by atoms with van der Waals surface area (Å²) in [6.45, 7) is 0. The van der Waals surface area contributed by atoms with Crippen molar-refractivity contribution in [2.75, 3.05) is 11.6 Å². The predicted octanol–water partition coefficient (Wildman–Crippen LogP) is 4.39. The first kappa shape index (κ1) is 18.3. The summed E-state index contributed by atoms with van der Waals surface area (Å²) in [5, 5.41) is 3.38. The van der Waals surface area contributed by atoms with E-state index in [4.69, 9.17) is 0 Å². The number of anilines is 1. The van der Waals surface area contributed by atoms with Gasteiger partial charge in [0.2, 0.25) is 5.91 Å². The molecular formula is C18H24N2O3S2. The van der Waals surface area contributed by atoms with Gasteiger partial charge in [0, 0.05) is 12.7 Å². The van der Waals surface area contributed by atoms with Gasteiger partial charge in [-0.2, -0.15) is 0 Å². The van der Waals surface area contributed by atoms with Gasteiger partial charge < -0.3 is 5.32 Å². The molecule has 1 fully saturated rings. The number of fused-ring (bicyclic) bond motifs is 1. The summed E-state index contributed by atoms with van der Waals surface area (Å²) in [5.41, 5.74) is 0.704. The maximum atomic E-state index is 12.1. The van der Waals surface area contributed by atoms with E-state index in [-0.39, 0.29) is 10.8 Å². The summed E-state index contributed by atoms with van der Waals surface area (Å²) in [5.74, 6) is 0.775. The molecular weight excluding hydrogens is 356 g/mol. The Kier molecular flexibility index (Phi) is 5.74. The van der Waals surface area contributed by atoms with Crippen LogP contribution in [0.1, 0.15) is 51.4 Å². The van der Waals surface area contributed by atoms with Gasteiger partial charge in [-0.25, -0.2) is 13.4 Å². The SMILES string of the molecule is CS(=O)(=O)c1ccc2nc(NC(=O)CCCC3CCCCC3)sc2c1. The third-order valence-corrected chi connectivity index (χ3v) is 6.82. The van der Waals surface area contributed by atoms with Crippen LogP contribution in [0.5, 0.6) is 0 Å². The van der Waals surface area contributed by atoms with Crippen LogP contribution in [0.25, 0.3) is 10.2 Å². The Balaban J connectivity index is 1.55. The smallest absolute Gasteiger partial charge is 0.226 e. The second-order valence-electron chi connectivity index (χ2n) is 6.87. The van der Waals surface area contributed by atoms with E-state index in [0.717, 1.165) is 23.5 Å². The van der Waals surface area contributed by atoms with Crippen LogP contribution < -0.4 is 5.32 Å². The highest BCUT2D eigenvalue weighted by molar-refractivity contribution is 7.90. The molecule has 2 aromatic rings. The van der Waals surface area contributed by atoms with Crippen molar-refractivity contribution in [3.05, 3.63) is 18.2 Å². The Morgan fingerprint density at radius 2 is 2.04 bits per heavy atom. The fourth-order valence-corrected chi connectivity index (χ4v) is 5.04. The lowest BCUT2D eigenvalue weighted by Gasteiger charge is -2.20. The molecule has 0 aliphatic heterocycles. The summed E-state index contributed by atoms with van der Waals surface area (Å²) in [4.78, 5) is 16.8. The molecule has 0 radical (unpaired) electrons. The van der Waals surface area contributed by atoms with E-state index in [0.29, 0.717) is 17.1 Å². The molecule has 1 aromatic heterocycles.